The van der Waals surface area contributed by atoms with Gasteiger partial charge in [0.05, 0.1) is 12.6 Å². The second kappa shape index (κ2) is 6.51. The van der Waals surface area contributed by atoms with Gasteiger partial charge in [0.15, 0.2) is 0 Å². The zero-order valence-corrected chi connectivity index (χ0v) is 13.1. The van der Waals surface area contributed by atoms with Gasteiger partial charge in [0.1, 0.15) is 0 Å². The topological polar surface area (TPSA) is 52.8 Å². The van der Waals surface area contributed by atoms with Crippen molar-refractivity contribution in [2.45, 2.75) is 44.8 Å². The van der Waals surface area contributed by atoms with Crippen molar-refractivity contribution in [3.05, 3.63) is 29.8 Å². The summed E-state index contributed by atoms with van der Waals surface area (Å²) in [7, 11) is 0. The third kappa shape index (κ3) is 3.77. The minimum Gasteiger partial charge on any atom is -0.376 e. The number of tetrazole rings is 1. The predicted octanol–water partition coefficient (Wildman–Crippen LogP) is 2.67. The maximum atomic E-state index is 5.73. The highest BCUT2D eigenvalue weighted by molar-refractivity contribution is 5.57. The summed E-state index contributed by atoms with van der Waals surface area (Å²) in [6.07, 6.45) is 6.14. The van der Waals surface area contributed by atoms with Gasteiger partial charge in [-0.15, -0.1) is 10.2 Å². The van der Waals surface area contributed by atoms with Crippen LogP contribution >= 0.6 is 0 Å². The van der Waals surface area contributed by atoms with Crippen LogP contribution in [0, 0.1) is 17.8 Å². The lowest BCUT2D eigenvalue weighted by Crippen LogP contribution is -2.25. The third-order valence-electron chi connectivity index (χ3n) is 4.21. The number of aromatic nitrogens is 4. The third-order valence-corrected chi connectivity index (χ3v) is 4.21. The molecule has 2 aliphatic rings. The Bertz CT molecular complexity index is 733. The van der Waals surface area contributed by atoms with Crippen molar-refractivity contribution >= 4 is 0 Å². The molecule has 1 aliphatic heterocycles. The molecule has 2 fully saturated rings. The van der Waals surface area contributed by atoms with Crippen molar-refractivity contribution in [3.8, 4) is 23.2 Å². The molecule has 1 unspecified atom stereocenters. The fraction of sp³-hybridized carbons (Fsp3) is 0.500. The van der Waals surface area contributed by atoms with Gasteiger partial charge in [0, 0.05) is 23.7 Å². The monoisotopic (exact) mass is 308 g/mol. The van der Waals surface area contributed by atoms with E-state index in [2.05, 4.69) is 27.3 Å². The molecule has 0 N–H and O–H groups in total. The van der Waals surface area contributed by atoms with E-state index in [9.17, 15) is 0 Å². The summed E-state index contributed by atoms with van der Waals surface area (Å²) >= 11 is 0. The van der Waals surface area contributed by atoms with Gasteiger partial charge in [-0.1, -0.05) is 24.0 Å². The summed E-state index contributed by atoms with van der Waals surface area (Å²) in [4.78, 5) is 1.65. The molecule has 2 heterocycles. The first kappa shape index (κ1) is 14.4. The Kier molecular flexibility index (Phi) is 4.08. The molecule has 2 aromatic rings. The van der Waals surface area contributed by atoms with Crippen LogP contribution in [0.25, 0.3) is 11.4 Å². The molecule has 0 radical (unpaired) electrons. The van der Waals surface area contributed by atoms with Crippen molar-refractivity contribution < 1.29 is 4.74 Å². The molecule has 1 atom stereocenters. The van der Waals surface area contributed by atoms with E-state index in [0.717, 1.165) is 30.6 Å². The summed E-state index contributed by atoms with van der Waals surface area (Å²) in [6, 6.07) is 8.06. The van der Waals surface area contributed by atoms with Crippen LogP contribution in [0.4, 0.5) is 0 Å². The summed E-state index contributed by atoms with van der Waals surface area (Å²) in [5, 5.41) is 12.8. The lowest BCUT2D eigenvalue weighted by Gasteiger charge is -2.21. The molecule has 1 saturated carbocycles. The standard InChI is InChI=1S/C18H20N4O/c1-2-11-23-17(6-1)13-22-20-18(19-21-22)16-5-3-4-15(12-16)10-9-14-7-8-14/h3-5,12,14,17H,1-2,6-8,11,13H2. The van der Waals surface area contributed by atoms with Crippen molar-refractivity contribution in [2.75, 3.05) is 6.61 Å². The maximum Gasteiger partial charge on any atom is 0.204 e. The average molecular weight is 308 g/mol. The van der Waals surface area contributed by atoms with Gasteiger partial charge in [-0.05, 0) is 49.5 Å². The molecule has 4 rings (SSSR count). The summed E-state index contributed by atoms with van der Waals surface area (Å²) in [5.41, 5.74) is 1.98. The fourth-order valence-electron chi connectivity index (χ4n) is 2.72. The van der Waals surface area contributed by atoms with Crippen LogP contribution in [0.2, 0.25) is 0 Å². The summed E-state index contributed by atoms with van der Waals surface area (Å²) in [6.45, 7) is 1.52. The molecule has 0 spiro atoms. The lowest BCUT2D eigenvalue weighted by molar-refractivity contribution is 0.00133. The quantitative estimate of drug-likeness (QED) is 0.818. The molecule has 1 aromatic carbocycles. The number of benzene rings is 1. The molecule has 1 aromatic heterocycles. The van der Waals surface area contributed by atoms with Crippen LogP contribution in [0.3, 0.4) is 0 Å². The Morgan fingerprint density at radius 3 is 3.00 bits per heavy atom. The Hall–Kier alpha value is -2.19. The van der Waals surface area contributed by atoms with Crippen LogP contribution < -0.4 is 0 Å². The van der Waals surface area contributed by atoms with Gasteiger partial charge in [0.25, 0.3) is 0 Å². The summed E-state index contributed by atoms with van der Waals surface area (Å²) < 4.78 is 5.73. The number of nitrogens with zero attached hydrogens (tertiary/aromatic N) is 4. The maximum absolute atomic E-state index is 5.73. The van der Waals surface area contributed by atoms with Crippen LogP contribution in [-0.2, 0) is 11.3 Å². The molecule has 1 saturated heterocycles. The zero-order chi connectivity index (χ0) is 15.5. The highest BCUT2D eigenvalue weighted by Gasteiger charge is 2.18. The molecule has 23 heavy (non-hydrogen) atoms. The zero-order valence-electron chi connectivity index (χ0n) is 13.1. The van der Waals surface area contributed by atoms with E-state index in [-0.39, 0.29) is 6.10 Å². The minimum absolute atomic E-state index is 0.210. The fourth-order valence-corrected chi connectivity index (χ4v) is 2.72. The van der Waals surface area contributed by atoms with E-state index in [1.165, 1.54) is 19.3 Å². The summed E-state index contributed by atoms with van der Waals surface area (Å²) in [5.74, 6) is 7.77. The number of rotatable bonds is 3. The molecular formula is C18H20N4O. The van der Waals surface area contributed by atoms with Crippen molar-refractivity contribution in [2.24, 2.45) is 5.92 Å². The van der Waals surface area contributed by atoms with Gasteiger partial charge in [-0.2, -0.15) is 4.80 Å². The first-order chi connectivity index (χ1) is 11.4. The van der Waals surface area contributed by atoms with E-state index >= 15 is 0 Å². The normalized spacial score (nSPS) is 20.8. The Balaban J connectivity index is 1.47. The largest absolute Gasteiger partial charge is 0.376 e. The van der Waals surface area contributed by atoms with Gasteiger partial charge in [0.2, 0.25) is 5.82 Å². The van der Waals surface area contributed by atoms with Crippen molar-refractivity contribution in [1.29, 1.82) is 0 Å². The van der Waals surface area contributed by atoms with E-state index in [4.69, 9.17) is 4.74 Å². The Morgan fingerprint density at radius 2 is 2.17 bits per heavy atom. The first-order valence-corrected chi connectivity index (χ1v) is 8.38. The van der Waals surface area contributed by atoms with E-state index < -0.39 is 0 Å². The lowest BCUT2D eigenvalue weighted by atomic mass is 10.1. The highest BCUT2D eigenvalue weighted by Crippen LogP contribution is 2.27. The molecular weight excluding hydrogens is 288 g/mol. The van der Waals surface area contributed by atoms with Crippen LogP contribution in [0.15, 0.2) is 24.3 Å². The Labute approximate surface area is 136 Å². The number of ether oxygens (including phenoxy) is 1. The minimum atomic E-state index is 0.210. The van der Waals surface area contributed by atoms with Crippen molar-refractivity contribution in [1.82, 2.24) is 20.2 Å². The SMILES string of the molecule is C(#CC1CC1)c1cccc(-c2nnn(CC3CCCCO3)n2)c1. The second-order valence-corrected chi connectivity index (χ2v) is 6.28. The van der Waals surface area contributed by atoms with Gasteiger partial charge < -0.3 is 4.74 Å². The van der Waals surface area contributed by atoms with Gasteiger partial charge >= 0.3 is 0 Å². The molecule has 5 heteroatoms. The molecule has 0 amide bonds. The molecule has 1 aliphatic carbocycles. The van der Waals surface area contributed by atoms with Crippen LogP contribution in [-0.4, -0.2) is 32.9 Å². The predicted molar refractivity (Wildman–Crippen MR) is 86.4 cm³/mol. The van der Waals surface area contributed by atoms with Crippen LogP contribution in [0.1, 0.15) is 37.7 Å². The second-order valence-electron chi connectivity index (χ2n) is 6.28. The molecule has 0 bridgehead atoms. The first-order valence-electron chi connectivity index (χ1n) is 8.38. The average Bonchev–Trinajstić information content (AvgIpc) is 3.32. The highest BCUT2D eigenvalue weighted by atomic mass is 16.5. The van der Waals surface area contributed by atoms with Crippen LogP contribution in [0.5, 0.6) is 0 Å². The Morgan fingerprint density at radius 1 is 1.22 bits per heavy atom. The smallest absolute Gasteiger partial charge is 0.204 e. The molecule has 5 nitrogen and oxygen atoms in total. The van der Waals surface area contributed by atoms with E-state index in [1.807, 2.05) is 24.3 Å². The van der Waals surface area contributed by atoms with Gasteiger partial charge in [-0.3, -0.25) is 0 Å². The number of hydrogen-bond acceptors (Lipinski definition) is 4. The number of hydrogen-bond donors (Lipinski definition) is 0. The molecule has 118 valence electrons. The van der Waals surface area contributed by atoms with Crippen molar-refractivity contribution in [3.63, 3.8) is 0 Å². The van der Waals surface area contributed by atoms with E-state index in [1.54, 1.807) is 4.80 Å². The van der Waals surface area contributed by atoms with Gasteiger partial charge in [-0.25, -0.2) is 0 Å². The van der Waals surface area contributed by atoms with E-state index in [0.29, 0.717) is 18.3 Å².